The summed E-state index contributed by atoms with van der Waals surface area (Å²) in [6.07, 6.45) is 7.07. The number of benzene rings is 1. The van der Waals surface area contributed by atoms with Crippen molar-refractivity contribution < 1.29 is 8.78 Å². The molecule has 2 aliphatic carbocycles. The highest BCUT2D eigenvalue weighted by Crippen LogP contribution is 2.55. The smallest absolute Gasteiger partial charge is 0.281 e. The molecule has 37 heavy (non-hydrogen) atoms. The van der Waals surface area contributed by atoms with Gasteiger partial charge in [-0.05, 0) is 43.0 Å². The molecule has 0 N–H and O–H groups in total. The zero-order chi connectivity index (χ0) is 25.5. The van der Waals surface area contributed by atoms with E-state index in [1.807, 2.05) is 29.9 Å². The predicted octanol–water partition coefficient (Wildman–Crippen LogP) is 4.54. The van der Waals surface area contributed by atoms with E-state index in [4.69, 9.17) is 0 Å². The van der Waals surface area contributed by atoms with E-state index in [-0.39, 0.29) is 12.0 Å². The summed E-state index contributed by atoms with van der Waals surface area (Å²) in [6.45, 7) is 0.678. The minimum Gasteiger partial charge on any atom is -0.344 e. The highest BCUT2D eigenvalue weighted by molar-refractivity contribution is 5.95. The van der Waals surface area contributed by atoms with E-state index in [1.165, 1.54) is 10.9 Å². The van der Waals surface area contributed by atoms with Crippen LogP contribution in [0.2, 0.25) is 0 Å². The fourth-order valence-electron chi connectivity index (χ4n) is 5.06. The maximum Gasteiger partial charge on any atom is 0.281 e. The lowest BCUT2D eigenvalue weighted by Gasteiger charge is -2.13. The van der Waals surface area contributed by atoms with Gasteiger partial charge in [0.25, 0.3) is 11.5 Å². The van der Waals surface area contributed by atoms with Crippen LogP contribution < -0.4 is 5.56 Å². The Morgan fingerprint density at radius 2 is 1.97 bits per heavy atom. The Balaban J connectivity index is 1.47. The molecule has 184 valence electrons. The fraction of sp³-hybridized carbons (Fsp3) is 0.296. The third kappa shape index (κ3) is 3.53. The third-order valence-electron chi connectivity index (χ3n) is 7.27. The van der Waals surface area contributed by atoms with E-state index in [2.05, 4.69) is 21.3 Å². The molecule has 4 aromatic heterocycles. The number of aromatic nitrogens is 6. The molecule has 0 aliphatic heterocycles. The van der Waals surface area contributed by atoms with Gasteiger partial charge in [-0.3, -0.25) is 14.5 Å². The lowest BCUT2D eigenvalue weighted by Crippen LogP contribution is -2.24. The van der Waals surface area contributed by atoms with Crippen LogP contribution in [-0.2, 0) is 13.6 Å². The number of aryl methyl sites for hydroxylation is 1. The molecule has 2 aliphatic rings. The molecule has 0 spiro atoms. The van der Waals surface area contributed by atoms with Crippen molar-refractivity contribution in [2.75, 3.05) is 0 Å². The first-order valence-corrected chi connectivity index (χ1v) is 12.2. The van der Waals surface area contributed by atoms with Crippen molar-refractivity contribution in [1.82, 2.24) is 29.1 Å². The van der Waals surface area contributed by atoms with Gasteiger partial charge in [-0.1, -0.05) is 6.07 Å². The number of nitrogens with zero attached hydrogens (tertiary/aromatic N) is 7. The largest absolute Gasteiger partial charge is 0.344 e. The second-order valence-corrected chi connectivity index (χ2v) is 10.1. The van der Waals surface area contributed by atoms with Crippen molar-refractivity contribution in [2.24, 2.45) is 13.0 Å². The topological polar surface area (TPSA) is 94.3 Å². The maximum atomic E-state index is 14.0. The lowest BCUT2D eigenvalue weighted by molar-refractivity contribution is 0.111. The van der Waals surface area contributed by atoms with E-state index in [0.29, 0.717) is 51.6 Å². The van der Waals surface area contributed by atoms with Gasteiger partial charge in [0.1, 0.15) is 11.6 Å². The van der Waals surface area contributed by atoms with Gasteiger partial charge >= 0.3 is 0 Å². The number of hydrogen-bond acceptors (Lipinski definition) is 5. The molecule has 0 amide bonds. The first-order chi connectivity index (χ1) is 17.8. The number of pyridine rings is 1. The van der Waals surface area contributed by atoms with E-state index in [0.717, 1.165) is 23.7 Å². The normalized spacial score (nSPS) is 18.4. The van der Waals surface area contributed by atoms with E-state index < -0.39 is 11.8 Å². The van der Waals surface area contributed by atoms with Gasteiger partial charge in [-0.15, -0.1) is 0 Å². The molecule has 4 heterocycles. The summed E-state index contributed by atoms with van der Waals surface area (Å²) in [6, 6.07) is 10.9. The molecule has 0 saturated heterocycles. The summed E-state index contributed by atoms with van der Waals surface area (Å²) in [7, 11) is 1.82. The number of alkyl halides is 2. The van der Waals surface area contributed by atoms with E-state index in [9.17, 15) is 18.8 Å². The Morgan fingerprint density at radius 3 is 2.65 bits per heavy atom. The molecule has 0 radical (unpaired) electrons. The van der Waals surface area contributed by atoms with E-state index >= 15 is 0 Å². The Bertz CT molecular complexity index is 1820. The van der Waals surface area contributed by atoms with Gasteiger partial charge < -0.3 is 4.57 Å². The summed E-state index contributed by atoms with van der Waals surface area (Å²) in [5.41, 5.74) is 3.46. The molecular formula is C27H21F2N7O. The minimum atomic E-state index is -2.73. The molecular weight excluding hydrogens is 476 g/mol. The standard InChI is InChI=1S/C27H21F2N7O/c1-34-13-17-8-19(5-7-21(17)32-34)36-26(37)23(16-4-6-22(31-11-16)20-9-27(20,28)29)25-24(33-36)18(10-30)14-35(25)12-15-2-3-15/h4-8,11,13-15,20H,2-3,9,12H2,1H3/t20-/m0/s1. The van der Waals surface area contributed by atoms with Crippen LogP contribution in [0.3, 0.4) is 0 Å². The Kier molecular flexibility index (Phi) is 4.46. The molecule has 5 aromatic rings. The molecule has 7 rings (SSSR count). The summed E-state index contributed by atoms with van der Waals surface area (Å²) >= 11 is 0. The highest BCUT2D eigenvalue weighted by atomic mass is 19.3. The SMILES string of the molecule is Cn1cc2cc(-n3nc4c(C#N)cn(CC5CC5)c4c(-c4ccc([C@@H]5CC5(F)F)nc4)c3=O)ccc2n1. The number of halogens is 2. The zero-order valence-electron chi connectivity index (χ0n) is 19.9. The fourth-order valence-corrected chi connectivity index (χ4v) is 5.06. The molecule has 1 aromatic carbocycles. The van der Waals surface area contributed by atoms with Gasteiger partial charge in [0.2, 0.25) is 0 Å². The van der Waals surface area contributed by atoms with Crippen LogP contribution >= 0.6 is 0 Å². The van der Waals surface area contributed by atoms with Crippen LogP contribution in [0.1, 0.15) is 36.4 Å². The number of nitriles is 1. The van der Waals surface area contributed by atoms with Crippen molar-refractivity contribution >= 4 is 21.9 Å². The molecule has 0 unspecified atom stereocenters. The monoisotopic (exact) mass is 497 g/mol. The van der Waals surface area contributed by atoms with Crippen LogP contribution in [0.4, 0.5) is 8.78 Å². The molecule has 10 heteroatoms. The molecule has 8 nitrogen and oxygen atoms in total. The summed E-state index contributed by atoms with van der Waals surface area (Å²) in [5, 5.41) is 19.8. The number of fused-ring (bicyclic) bond motifs is 2. The molecule has 0 bridgehead atoms. The summed E-state index contributed by atoms with van der Waals surface area (Å²) < 4.78 is 32.2. The average molecular weight is 498 g/mol. The Hall–Kier alpha value is -4.39. The molecule has 2 fully saturated rings. The van der Waals surface area contributed by atoms with Crippen LogP contribution in [0, 0.1) is 17.2 Å². The number of rotatable bonds is 5. The van der Waals surface area contributed by atoms with Crippen LogP contribution in [0.5, 0.6) is 0 Å². The summed E-state index contributed by atoms with van der Waals surface area (Å²) in [4.78, 5) is 18.3. The Labute approximate surface area is 209 Å². The van der Waals surface area contributed by atoms with Crippen molar-refractivity contribution in [2.45, 2.75) is 37.6 Å². The average Bonchev–Trinajstić information content (AvgIpc) is 3.73. The van der Waals surface area contributed by atoms with Gasteiger partial charge in [-0.2, -0.15) is 20.1 Å². The summed E-state index contributed by atoms with van der Waals surface area (Å²) in [5.74, 6) is -3.12. The lowest BCUT2D eigenvalue weighted by atomic mass is 10.1. The number of hydrogen-bond donors (Lipinski definition) is 0. The van der Waals surface area contributed by atoms with Gasteiger partial charge in [-0.25, -0.2) is 8.78 Å². The molecule has 1 atom stereocenters. The third-order valence-corrected chi connectivity index (χ3v) is 7.27. The van der Waals surface area contributed by atoms with Crippen LogP contribution in [0.25, 0.3) is 38.8 Å². The minimum absolute atomic E-state index is 0.210. The zero-order valence-corrected chi connectivity index (χ0v) is 19.9. The van der Waals surface area contributed by atoms with Crippen molar-refractivity contribution in [3.8, 4) is 22.9 Å². The van der Waals surface area contributed by atoms with Crippen molar-refractivity contribution in [3.63, 3.8) is 0 Å². The highest BCUT2D eigenvalue weighted by Gasteiger charge is 2.58. The van der Waals surface area contributed by atoms with Gasteiger partial charge in [0, 0.05) is 55.2 Å². The maximum absolute atomic E-state index is 14.0. The van der Waals surface area contributed by atoms with Crippen LogP contribution in [-0.4, -0.2) is 35.0 Å². The second-order valence-electron chi connectivity index (χ2n) is 10.1. The molecule has 2 saturated carbocycles. The Morgan fingerprint density at radius 1 is 1.16 bits per heavy atom. The first-order valence-electron chi connectivity index (χ1n) is 12.2. The van der Waals surface area contributed by atoms with Crippen molar-refractivity contribution in [3.05, 3.63) is 70.5 Å². The van der Waals surface area contributed by atoms with Gasteiger partial charge in [0.05, 0.1) is 33.8 Å². The first kappa shape index (κ1) is 21.9. The second kappa shape index (κ2) is 7.56. The van der Waals surface area contributed by atoms with Crippen LogP contribution in [0.15, 0.2) is 53.7 Å². The predicted molar refractivity (Wildman–Crippen MR) is 133 cm³/mol. The van der Waals surface area contributed by atoms with E-state index in [1.54, 1.807) is 29.1 Å². The van der Waals surface area contributed by atoms with Crippen molar-refractivity contribution in [1.29, 1.82) is 5.26 Å². The van der Waals surface area contributed by atoms with Gasteiger partial charge in [0.15, 0.2) is 0 Å². The quantitative estimate of drug-likeness (QED) is 0.355.